The van der Waals surface area contributed by atoms with E-state index in [0.29, 0.717) is 5.82 Å². The molecule has 126 valence electrons. The highest BCUT2D eigenvalue weighted by Crippen LogP contribution is 2.26. The first-order valence-electron chi connectivity index (χ1n) is 7.82. The Hall–Kier alpha value is -3.28. The van der Waals surface area contributed by atoms with Crippen LogP contribution in [-0.2, 0) is 4.74 Å². The summed E-state index contributed by atoms with van der Waals surface area (Å²) in [7, 11) is 3.72. The number of esters is 1. The highest BCUT2D eigenvalue weighted by atomic mass is 16.5. The van der Waals surface area contributed by atoms with E-state index in [1.165, 1.54) is 0 Å². The molecule has 0 bridgehead atoms. The average molecular weight is 334 g/mol. The van der Waals surface area contributed by atoms with Crippen molar-refractivity contribution < 1.29 is 9.53 Å². The van der Waals surface area contributed by atoms with Gasteiger partial charge < -0.3 is 9.64 Å². The molecule has 6 heteroatoms. The van der Waals surface area contributed by atoms with E-state index in [1.54, 1.807) is 24.5 Å². The molecule has 2 heterocycles. The fourth-order valence-corrected chi connectivity index (χ4v) is 2.33. The zero-order valence-corrected chi connectivity index (χ0v) is 14.0. The molecule has 2 aromatic heterocycles. The summed E-state index contributed by atoms with van der Waals surface area (Å²) in [6.07, 6.45) is 2.81. The lowest BCUT2D eigenvalue weighted by Gasteiger charge is -2.18. The monoisotopic (exact) mass is 334 g/mol. The summed E-state index contributed by atoms with van der Waals surface area (Å²) in [5, 5.41) is 7.98. The van der Waals surface area contributed by atoms with Crippen LogP contribution in [0, 0.1) is 0 Å². The third-order valence-corrected chi connectivity index (χ3v) is 3.65. The maximum Gasteiger partial charge on any atom is 0.359 e. The van der Waals surface area contributed by atoms with Crippen LogP contribution in [0.1, 0.15) is 27.7 Å². The molecule has 3 rings (SSSR count). The number of pyridine rings is 1. The molecule has 1 unspecified atom stereocenters. The lowest BCUT2D eigenvalue weighted by Crippen LogP contribution is -2.16. The van der Waals surface area contributed by atoms with Crippen LogP contribution in [0.2, 0.25) is 0 Å². The Morgan fingerprint density at radius 3 is 2.20 bits per heavy atom. The minimum Gasteiger partial charge on any atom is -0.448 e. The Balaban J connectivity index is 1.86. The normalized spacial score (nSPS) is 11.6. The molecule has 0 aliphatic carbocycles. The number of benzene rings is 1. The van der Waals surface area contributed by atoms with E-state index in [-0.39, 0.29) is 5.69 Å². The lowest BCUT2D eigenvalue weighted by molar-refractivity contribution is 0.0369. The van der Waals surface area contributed by atoms with Crippen molar-refractivity contribution in [3.8, 4) is 0 Å². The Morgan fingerprint density at radius 1 is 0.920 bits per heavy atom. The Morgan fingerprint density at radius 2 is 1.60 bits per heavy atom. The molecule has 0 aliphatic heterocycles. The second-order valence-corrected chi connectivity index (χ2v) is 5.65. The van der Waals surface area contributed by atoms with Crippen LogP contribution in [0.3, 0.4) is 0 Å². The topological polar surface area (TPSA) is 68.2 Å². The summed E-state index contributed by atoms with van der Waals surface area (Å²) < 4.78 is 5.73. The molecule has 3 aromatic rings. The predicted octanol–water partition coefficient (Wildman–Crippen LogP) is 2.88. The molecular weight excluding hydrogens is 316 g/mol. The van der Waals surface area contributed by atoms with Crippen molar-refractivity contribution in [2.75, 3.05) is 19.0 Å². The second-order valence-electron chi connectivity index (χ2n) is 5.65. The summed E-state index contributed by atoms with van der Waals surface area (Å²) in [6.45, 7) is 0. The summed E-state index contributed by atoms with van der Waals surface area (Å²) >= 11 is 0. The molecule has 1 atom stereocenters. The van der Waals surface area contributed by atoms with E-state index in [1.807, 2.05) is 61.5 Å². The van der Waals surface area contributed by atoms with Crippen molar-refractivity contribution in [2.45, 2.75) is 6.10 Å². The second kappa shape index (κ2) is 7.53. The van der Waals surface area contributed by atoms with Crippen molar-refractivity contribution in [1.82, 2.24) is 15.2 Å². The van der Waals surface area contributed by atoms with Crippen LogP contribution in [0.15, 0.2) is 67.0 Å². The number of nitrogens with zero attached hydrogens (tertiary/aromatic N) is 4. The summed E-state index contributed by atoms with van der Waals surface area (Å²) in [5.74, 6) is 0.147. The largest absolute Gasteiger partial charge is 0.448 e. The van der Waals surface area contributed by atoms with Crippen molar-refractivity contribution >= 4 is 11.8 Å². The molecule has 0 N–H and O–H groups in total. The van der Waals surface area contributed by atoms with E-state index >= 15 is 0 Å². The Kier molecular flexibility index (Phi) is 4.99. The molecule has 0 fully saturated rings. The number of hydrogen-bond donors (Lipinski definition) is 0. The van der Waals surface area contributed by atoms with Gasteiger partial charge in [-0.25, -0.2) is 4.79 Å². The average Bonchev–Trinajstić information content (AvgIpc) is 2.67. The van der Waals surface area contributed by atoms with Gasteiger partial charge in [-0.15, -0.1) is 10.2 Å². The van der Waals surface area contributed by atoms with Gasteiger partial charge in [-0.2, -0.15) is 0 Å². The van der Waals surface area contributed by atoms with Crippen LogP contribution in [-0.4, -0.2) is 35.2 Å². The van der Waals surface area contributed by atoms with Crippen LogP contribution in [0.25, 0.3) is 0 Å². The maximum absolute atomic E-state index is 12.5. The smallest absolute Gasteiger partial charge is 0.359 e. The molecular formula is C19H18N4O2. The van der Waals surface area contributed by atoms with Crippen molar-refractivity contribution in [3.63, 3.8) is 0 Å². The molecule has 0 saturated carbocycles. The molecule has 25 heavy (non-hydrogen) atoms. The van der Waals surface area contributed by atoms with E-state index in [0.717, 1.165) is 11.1 Å². The fourth-order valence-electron chi connectivity index (χ4n) is 2.33. The zero-order valence-electron chi connectivity index (χ0n) is 14.0. The Labute approximate surface area is 146 Å². The number of hydrogen-bond acceptors (Lipinski definition) is 6. The highest BCUT2D eigenvalue weighted by molar-refractivity contribution is 5.87. The van der Waals surface area contributed by atoms with E-state index in [9.17, 15) is 4.79 Å². The molecule has 0 radical (unpaired) electrons. The van der Waals surface area contributed by atoms with Crippen molar-refractivity contribution in [1.29, 1.82) is 0 Å². The van der Waals surface area contributed by atoms with E-state index in [4.69, 9.17) is 4.74 Å². The molecule has 0 spiro atoms. The fraction of sp³-hybridized carbons (Fsp3) is 0.158. The number of carbonyl (C=O) groups is 1. The van der Waals surface area contributed by atoms with Gasteiger partial charge in [0, 0.05) is 32.1 Å². The van der Waals surface area contributed by atoms with Crippen LogP contribution in [0.4, 0.5) is 5.82 Å². The summed E-state index contributed by atoms with van der Waals surface area (Å²) in [4.78, 5) is 18.4. The first-order valence-corrected chi connectivity index (χ1v) is 7.82. The first kappa shape index (κ1) is 16.6. The van der Waals surface area contributed by atoms with Crippen molar-refractivity contribution in [3.05, 3.63) is 83.8 Å². The first-order chi connectivity index (χ1) is 12.1. The molecule has 6 nitrogen and oxygen atoms in total. The summed E-state index contributed by atoms with van der Waals surface area (Å²) in [5.41, 5.74) is 1.88. The number of anilines is 1. The van der Waals surface area contributed by atoms with Gasteiger partial charge >= 0.3 is 5.97 Å². The van der Waals surface area contributed by atoms with Gasteiger partial charge in [0.2, 0.25) is 0 Å². The highest BCUT2D eigenvalue weighted by Gasteiger charge is 2.21. The number of aromatic nitrogens is 3. The molecule has 1 aromatic carbocycles. The zero-order chi connectivity index (χ0) is 17.6. The predicted molar refractivity (Wildman–Crippen MR) is 94.3 cm³/mol. The maximum atomic E-state index is 12.5. The minimum absolute atomic E-state index is 0.167. The lowest BCUT2D eigenvalue weighted by atomic mass is 10.0. The van der Waals surface area contributed by atoms with Gasteiger partial charge in [0.05, 0.1) is 0 Å². The van der Waals surface area contributed by atoms with Crippen LogP contribution < -0.4 is 4.90 Å². The Bertz CT molecular complexity index is 782. The van der Waals surface area contributed by atoms with Gasteiger partial charge in [-0.3, -0.25) is 4.98 Å². The molecule has 0 saturated heterocycles. The quantitative estimate of drug-likeness (QED) is 0.668. The van der Waals surface area contributed by atoms with Crippen LogP contribution in [0.5, 0.6) is 0 Å². The molecule has 0 amide bonds. The third-order valence-electron chi connectivity index (χ3n) is 3.65. The number of rotatable bonds is 5. The summed E-state index contributed by atoms with van der Waals surface area (Å²) in [6, 6.07) is 16.6. The van der Waals surface area contributed by atoms with Crippen molar-refractivity contribution in [2.24, 2.45) is 0 Å². The molecule has 0 aliphatic rings. The van der Waals surface area contributed by atoms with E-state index < -0.39 is 12.1 Å². The van der Waals surface area contributed by atoms with Gasteiger partial charge in [-0.1, -0.05) is 30.3 Å². The third kappa shape index (κ3) is 3.98. The van der Waals surface area contributed by atoms with Gasteiger partial charge in [0.15, 0.2) is 17.6 Å². The minimum atomic E-state index is -0.535. The number of carbonyl (C=O) groups excluding carboxylic acids is 1. The van der Waals surface area contributed by atoms with Gasteiger partial charge in [0.1, 0.15) is 0 Å². The number of ether oxygens (including phenoxy) is 1. The standard InChI is InChI=1S/C19H18N4O2/c1-23(2)17-9-8-16(21-22-17)19(24)25-18(14-6-4-3-5-7-14)15-10-12-20-13-11-15/h3-13,18H,1-2H3. The van der Waals surface area contributed by atoms with Gasteiger partial charge in [-0.05, 0) is 29.8 Å². The SMILES string of the molecule is CN(C)c1ccc(C(=O)OC(c2ccccc2)c2ccncc2)nn1. The van der Waals surface area contributed by atoms with E-state index in [2.05, 4.69) is 15.2 Å². The van der Waals surface area contributed by atoms with Gasteiger partial charge in [0.25, 0.3) is 0 Å². The van der Waals surface area contributed by atoms with Crippen LogP contribution >= 0.6 is 0 Å².